The lowest BCUT2D eigenvalue weighted by atomic mass is 10.1. The molecule has 1 aromatic carbocycles. The Morgan fingerprint density at radius 2 is 2.19 bits per heavy atom. The van der Waals surface area contributed by atoms with E-state index in [9.17, 15) is 4.79 Å². The number of rotatable bonds is 3. The molecule has 0 amide bonds. The van der Waals surface area contributed by atoms with Crippen LogP contribution in [-0.4, -0.2) is 12.6 Å². The number of ether oxygens (including phenoxy) is 1. The first-order valence-electron chi connectivity index (χ1n) is 4.64. The number of hydrogen-bond acceptors (Lipinski definition) is 3. The first-order valence-corrected chi connectivity index (χ1v) is 5.39. The van der Waals surface area contributed by atoms with Crippen LogP contribution in [0.4, 0.5) is 5.69 Å². The number of carbonyl (C=O) groups excluding carboxylic acids is 1. The van der Waals surface area contributed by atoms with E-state index in [2.05, 4.69) is 0 Å². The summed E-state index contributed by atoms with van der Waals surface area (Å²) in [6.45, 7) is 2.06. The van der Waals surface area contributed by atoms with E-state index in [-0.39, 0.29) is 0 Å². The van der Waals surface area contributed by atoms with E-state index in [1.54, 1.807) is 19.1 Å². The number of halogens is 2. The van der Waals surface area contributed by atoms with Crippen molar-refractivity contribution >= 4 is 40.9 Å². The standard InChI is InChI=1S/C11H11Cl2NO2/c1-2-16-10(15)4-3-7-5-8(12)6-9(13)11(7)14/h3-6H,2,14H2,1H3. The fraction of sp³-hybridized carbons (Fsp3) is 0.182. The summed E-state index contributed by atoms with van der Waals surface area (Å²) >= 11 is 11.6. The Labute approximate surface area is 104 Å². The molecule has 0 fully saturated rings. The van der Waals surface area contributed by atoms with E-state index in [0.717, 1.165) is 0 Å². The number of hydrogen-bond donors (Lipinski definition) is 1. The van der Waals surface area contributed by atoms with Gasteiger partial charge in [-0.1, -0.05) is 23.2 Å². The third-order valence-electron chi connectivity index (χ3n) is 1.81. The predicted molar refractivity (Wildman–Crippen MR) is 66.5 cm³/mol. The molecule has 0 saturated heterocycles. The second-order valence-electron chi connectivity index (χ2n) is 2.98. The summed E-state index contributed by atoms with van der Waals surface area (Å²) in [5.41, 5.74) is 6.69. The number of esters is 1. The van der Waals surface area contributed by atoms with E-state index in [0.29, 0.717) is 27.9 Å². The van der Waals surface area contributed by atoms with E-state index in [1.165, 1.54) is 12.2 Å². The monoisotopic (exact) mass is 259 g/mol. The molecule has 0 saturated carbocycles. The van der Waals surface area contributed by atoms with Gasteiger partial charge in [0.25, 0.3) is 0 Å². The van der Waals surface area contributed by atoms with Gasteiger partial charge in [0.15, 0.2) is 0 Å². The lowest BCUT2D eigenvalue weighted by Crippen LogP contribution is -1.99. The molecular formula is C11H11Cl2NO2. The van der Waals surface area contributed by atoms with Crippen molar-refractivity contribution in [3.05, 3.63) is 33.8 Å². The smallest absolute Gasteiger partial charge is 0.330 e. The Morgan fingerprint density at radius 1 is 1.50 bits per heavy atom. The molecular weight excluding hydrogens is 249 g/mol. The van der Waals surface area contributed by atoms with Crippen molar-refractivity contribution < 1.29 is 9.53 Å². The highest BCUT2D eigenvalue weighted by Gasteiger charge is 2.04. The van der Waals surface area contributed by atoms with Gasteiger partial charge in [0.2, 0.25) is 0 Å². The van der Waals surface area contributed by atoms with Crippen LogP contribution in [0.25, 0.3) is 6.08 Å². The summed E-state index contributed by atoms with van der Waals surface area (Å²) in [6, 6.07) is 3.17. The zero-order chi connectivity index (χ0) is 12.1. The Hall–Kier alpha value is -1.19. The van der Waals surface area contributed by atoms with Crippen molar-refractivity contribution in [3.63, 3.8) is 0 Å². The van der Waals surface area contributed by atoms with Gasteiger partial charge in [0.05, 0.1) is 17.3 Å². The molecule has 0 aliphatic rings. The summed E-state index contributed by atoms with van der Waals surface area (Å²) < 4.78 is 4.73. The fourth-order valence-corrected chi connectivity index (χ4v) is 1.60. The molecule has 2 N–H and O–H groups in total. The summed E-state index contributed by atoms with van der Waals surface area (Å²) in [5, 5.41) is 0.818. The van der Waals surface area contributed by atoms with Crippen molar-refractivity contribution in [2.75, 3.05) is 12.3 Å². The SMILES string of the molecule is CCOC(=O)C=Cc1cc(Cl)cc(Cl)c1N. The van der Waals surface area contributed by atoms with Gasteiger partial charge >= 0.3 is 5.97 Å². The van der Waals surface area contributed by atoms with Gasteiger partial charge in [-0.25, -0.2) is 4.79 Å². The van der Waals surface area contributed by atoms with E-state index >= 15 is 0 Å². The van der Waals surface area contributed by atoms with Crippen LogP contribution in [0.2, 0.25) is 10.0 Å². The quantitative estimate of drug-likeness (QED) is 0.516. The topological polar surface area (TPSA) is 52.3 Å². The minimum absolute atomic E-state index is 0.328. The van der Waals surface area contributed by atoms with Crippen LogP contribution >= 0.6 is 23.2 Å². The molecule has 0 bridgehead atoms. The molecule has 16 heavy (non-hydrogen) atoms. The highest BCUT2D eigenvalue weighted by atomic mass is 35.5. The normalized spacial score (nSPS) is 10.7. The molecule has 0 radical (unpaired) electrons. The summed E-state index contributed by atoms with van der Waals surface area (Å²) in [4.78, 5) is 11.1. The number of benzene rings is 1. The average Bonchev–Trinajstić information content (AvgIpc) is 2.21. The third-order valence-corrected chi connectivity index (χ3v) is 2.34. The zero-order valence-electron chi connectivity index (χ0n) is 8.67. The maximum absolute atomic E-state index is 11.1. The minimum atomic E-state index is -0.432. The summed E-state index contributed by atoms with van der Waals surface area (Å²) in [7, 11) is 0. The van der Waals surface area contributed by atoms with Gasteiger partial charge in [-0.3, -0.25) is 0 Å². The van der Waals surface area contributed by atoms with Crippen molar-refractivity contribution in [1.29, 1.82) is 0 Å². The number of carbonyl (C=O) groups is 1. The summed E-state index contributed by atoms with van der Waals surface area (Å²) in [5.74, 6) is -0.432. The lowest BCUT2D eigenvalue weighted by molar-refractivity contribution is -0.137. The average molecular weight is 260 g/mol. The highest BCUT2D eigenvalue weighted by molar-refractivity contribution is 6.36. The molecule has 3 nitrogen and oxygen atoms in total. The number of nitrogen functional groups attached to an aromatic ring is 1. The van der Waals surface area contributed by atoms with E-state index < -0.39 is 5.97 Å². The molecule has 0 unspecified atom stereocenters. The minimum Gasteiger partial charge on any atom is -0.463 e. The Balaban J connectivity index is 2.93. The zero-order valence-corrected chi connectivity index (χ0v) is 10.2. The first-order chi connectivity index (χ1) is 7.54. The Morgan fingerprint density at radius 3 is 2.81 bits per heavy atom. The van der Waals surface area contributed by atoms with E-state index in [4.69, 9.17) is 33.7 Å². The van der Waals surface area contributed by atoms with Crippen molar-refractivity contribution in [1.82, 2.24) is 0 Å². The second-order valence-corrected chi connectivity index (χ2v) is 3.82. The molecule has 0 aromatic heterocycles. The number of nitrogens with two attached hydrogens (primary N) is 1. The molecule has 5 heteroatoms. The highest BCUT2D eigenvalue weighted by Crippen LogP contribution is 2.28. The maximum Gasteiger partial charge on any atom is 0.330 e. The van der Waals surface area contributed by atoms with Gasteiger partial charge in [-0.05, 0) is 25.1 Å². The van der Waals surface area contributed by atoms with Crippen molar-refractivity contribution in [3.8, 4) is 0 Å². The van der Waals surface area contributed by atoms with Gasteiger partial charge < -0.3 is 10.5 Å². The largest absolute Gasteiger partial charge is 0.463 e. The van der Waals surface area contributed by atoms with E-state index in [1.807, 2.05) is 0 Å². The van der Waals surface area contributed by atoms with Gasteiger partial charge in [0.1, 0.15) is 0 Å². The van der Waals surface area contributed by atoms with Crippen molar-refractivity contribution in [2.45, 2.75) is 6.92 Å². The Bertz CT molecular complexity index is 430. The molecule has 0 spiro atoms. The lowest BCUT2D eigenvalue weighted by Gasteiger charge is -2.03. The van der Waals surface area contributed by atoms with Crippen LogP contribution in [0.3, 0.4) is 0 Å². The first kappa shape index (κ1) is 12.9. The molecule has 1 aromatic rings. The molecule has 0 aliphatic heterocycles. The van der Waals surface area contributed by atoms with Gasteiger partial charge in [-0.15, -0.1) is 0 Å². The van der Waals surface area contributed by atoms with Crippen LogP contribution in [0.1, 0.15) is 12.5 Å². The second kappa shape index (κ2) is 5.77. The maximum atomic E-state index is 11.1. The van der Waals surface area contributed by atoms with Crippen LogP contribution in [-0.2, 0) is 9.53 Å². The molecule has 0 atom stereocenters. The Kier molecular flexibility index (Phi) is 4.65. The van der Waals surface area contributed by atoms with Crippen molar-refractivity contribution in [2.24, 2.45) is 0 Å². The molecule has 1 rings (SSSR count). The predicted octanol–water partition coefficient (Wildman–Crippen LogP) is 3.15. The third kappa shape index (κ3) is 3.43. The molecule has 0 aliphatic carbocycles. The molecule has 0 heterocycles. The van der Waals surface area contributed by atoms with Crippen LogP contribution in [0, 0.1) is 0 Å². The van der Waals surface area contributed by atoms with Gasteiger partial charge in [0, 0.05) is 16.7 Å². The van der Waals surface area contributed by atoms with Crippen LogP contribution < -0.4 is 5.73 Å². The molecule has 86 valence electrons. The number of anilines is 1. The fourth-order valence-electron chi connectivity index (χ4n) is 1.09. The van der Waals surface area contributed by atoms with Crippen LogP contribution in [0.15, 0.2) is 18.2 Å². The van der Waals surface area contributed by atoms with Gasteiger partial charge in [-0.2, -0.15) is 0 Å². The van der Waals surface area contributed by atoms with Crippen LogP contribution in [0.5, 0.6) is 0 Å². The summed E-state index contributed by atoms with van der Waals surface area (Å²) in [6.07, 6.45) is 2.80.